The Morgan fingerprint density at radius 1 is 0.625 bits per heavy atom. The topological polar surface area (TPSA) is 29.0 Å². The van der Waals surface area contributed by atoms with Crippen molar-refractivity contribution in [2.75, 3.05) is 4.90 Å². The summed E-state index contributed by atoms with van der Waals surface area (Å²) in [5.74, 6) is 0.838. The number of hydrogen-bond acceptors (Lipinski definition) is 3. The standard InChI is InChI=1S/C43H40BN3.Pt/c1-27(2)32-17-19-45-39(25-32)34-11-10-12-36(23-34)44-37-13-8-9-14-41(37)47(43-30(6)21-29(5)22-31(43)7)42-16-15-35(24-38(42)44)40-26-33(28(3)4)18-20-46-40;/h8-22,25-28H,1-7H3;/q-2;+2. The molecule has 0 fully saturated rings. The Labute approximate surface area is 300 Å². The molecule has 0 N–H and O–H groups in total. The number of aryl methyl sites for hydroxylation is 3. The fraction of sp³-hybridized carbons (Fsp3) is 0.209. The largest absolute Gasteiger partial charge is 2.00 e. The van der Waals surface area contributed by atoms with Gasteiger partial charge in [0.15, 0.2) is 0 Å². The summed E-state index contributed by atoms with van der Waals surface area (Å²) in [6.45, 7) is 15.4. The van der Waals surface area contributed by atoms with Crippen LogP contribution in [0.3, 0.4) is 0 Å². The van der Waals surface area contributed by atoms with Crippen LogP contribution in [0.25, 0.3) is 22.5 Å². The molecule has 0 atom stereocenters. The molecule has 3 heterocycles. The first kappa shape index (κ1) is 33.6. The predicted molar refractivity (Wildman–Crippen MR) is 199 cm³/mol. The first-order valence-corrected chi connectivity index (χ1v) is 16.7. The second-order valence-electron chi connectivity index (χ2n) is 13.5. The molecule has 0 spiro atoms. The molecule has 6 aromatic rings. The van der Waals surface area contributed by atoms with Crippen molar-refractivity contribution in [1.29, 1.82) is 0 Å². The van der Waals surface area contributed by atoms with Gasteiger partial charge in [-0.3, -0.25) is 0 Å². The van der Waals surface area contributed by atoms with Crippen LogP contribution in [-0.4, -0.2) is 16.7 Å². The molecule has 2 aromatic heterocycles. The summed E-state index contributed by atoms with van der Waals surface area (Å²) >= 11 is 0. The van der Waals surface area contributed by atoms with Gasteiger partial charge in [0.05, 0.1) is 0 Å². The van der Waals surface area contributed by atoms with Gasteiger partial charge in [-0.25, -0.2) is 0 Å². The molecule has 1 aliphatic rings. The number of nitrogens with zero attached hydrogens (tertiary/aromatic N) is 3. The quantitative estimate of drug-likeness (QED) is 0.124. The van der Waals surface area contributed by atoms with E-state index in [0.29, 0.717) is 11.8 Å². The molecule has 4 aromatic carbocycles. The van der Waals surface area contributed by atoms with Crippen molar-refractivity contribution in [3.63, 3.8) is 0 Å². The maximum atomic E-state index is 4.81. The summed E-state index contributed by atoms with van der Waals surface area (Å²) in [4.78, 5) is 12.0. The predicted octanol–water partition coefficient (Wildman–Crippen LogP) is 8.88. The molecule has 0 bridgehead atoms. The van der Waals surface area contributed by atoms with E-state index in [9.17, 15) is 0 Å². The molecule has 48 heavy (non-hydrogen) atoms. The minimum absolute atomic E-state index is 0. The average Bonchev–Trinajstić information content (AvgIpc) is 3.07. The number of fused-ring (bicyclic) bond motifs is 2. The van der Waals surface area contributed by atoms with Gasteiger partial charge in [-0.2, -0.15) is 5.46 Å². The fourth-order valence-corrected chi connectivity index (χ4v) is 7.09. The van der Waals surface area contributed by atoms with Crippen LogP contribution in [0.5, 0.6) is 0 Å². The zero-order valence-electron chi connectivity index (χ0n) is 28.7. The van der Waals surface area contributed by atoms with E-state index in [1.54, 1.807) is 0 Å². The zero-order chi connectivity index (χ0) is 32.8. The Balaban J connectivity index is 0.00000401. The van der Waals surface area contributed by atoms with Gasteiger partial charge in [-0.1, -0.05) is 86.8 Å². The van der Waals surface area contributed by atoms with E-state index in [2.05, 4.69) is 156 Å². The van der Waals surface area contributed by atoms with Gasteiger partial charge in [0.25, 0.3) is 0 Å². The molecule has 0 radical (unpaired) electrons. The Morgan fingerprint density at radius 3 is 1.85 bits per heavy atom. The van der Waals surface area contributed by atoms with Gasteiger partial charge in [0.1, 0.15) is 0 Å². The number of benzene rings is 4. The van der Waals surface area contributed by atoms with Crippen molar-refractivity contribution in [2.45, 2.75) is 60.3 Å². The number of para-hydroxylation sites is 1. The summed E-state index contributed by atoms with van der Waals surface area (Å²) in [5, 5.41) is 0. The van der Waals surface area contributed by atoms with E-state index in [4.69, 9.17) is 9.97 Å². The van der Waals surface area contributed by atoms with Gasteiger partial charge in [0, 0.05) is 23.8 Å². The normalized spacial score (nSPS) is 12.2. The van der Waals surface area contributed by atoms with Crippen LogP contribution in [0.4, 0.5) is 17.1 Å². The molecule has 0 amide bonds. The third kappa shape index (κ3) is 6.19. The minimum atomic E-state index is -0.0787. The first-order valence-electron chi connectivity index (χ1n) is 16.7. The van der Waals surface area contributed by atoms with E-state index >= 15 is 0 Å². The third-order valence-electron chi connectivity index (χ3n) is 9.41. The Morgan fingerprint density at radius 2 is 1.23 bits per heavy atom. The van der Waals surface area contributed by atoms with Crippen LogP contribution in [0.1, 0.15) is 67.3 Å². The Bertz CT molecular complexity index is 2100. The van der Waals surface area contributed by atoms with Crippen molar-refractivity contribution in [1.82, 2.24) is 9.97 Å². The number of rotatable bonds is 6. The van der Waals surface area contributed by atoms with E-state index in [1.165, 1.54) is 44.7 Å². The first-order chi connectivity index (χ1) is 22.7. The maximum absolute atomic E-state index is 4.81. The van der Waals surface area contributed by atoms with Crippen LogP contribution in [0.15, 0.2) is 103 Å². The van der Waals surface area contributed by atoms with Crippen LogP contribution in [0.2, 0.25) is 0 Å². The van der Waals surface area contributed by atoms with Crippen LogP contribution < -0.4 is 21.3 Å². The van der Waals surface area contributed by atoms with E-state index in [-0.39, 0.29) is 27.8 Å². The minimum Gasteiger partial charge on any atom is -0.352 e. The summed E-state index contributed by atoms with van der Waals surface area (Å²) in [6.07, 6.45) is 3.84. The molecule has 7 rings (SSSR count). The molecular formula is C43H40BN3Pt. The third-order valence-corrected chi connectivity index (χ3v) is 9.41. The smallest absolute Gasteiger partial charge is 0.352 e. The van der Waals surface area contributed by atoms with Gasteiger partial charge < -0.3 is 14.9 Å². The number of hydrogen-bond donors (Lipinski definition) is 0. The molecule has 1 aliphatic heterocycles. The molecule has 3 nitrogen and oxygen atoms in total. The molecule has 0 saturated heterocycles. The van der Waals surface area contributed by atoms with E-state index in [1.807, 2.05) is 12.4 Å². The van der Waals surface area contributed by atoms with E-state index in [0.717, 1.165) is 39.1 Å². The van der Waals surface area contributed by atoms with Gasteiger partial charge in [-0.05, 0) is 84.5 Å². The zero-order valence-corrected chi connectivity index (χ0v) is 31.0. The van der Waals surface area contributed by atoms with Crippen molar-refractivity contribution >= 4 is 40.2 Å². The molecule has 240 valence electrons. The van der Waals surface area contributed by atoms with Crippen molar-refractivity contribution in [3.05, 3.63) is 143 Å². The Hall–Kier alpha value is -4.27. The molecular weight excluding hydrogens is 764 g/mol. The van der Waals surface area contributed by atoms with Crippen LogP contribution in [0, 0.1) is 32.9 Å². The number of aromatic nitrogens is 2. The van der Waals surface area contributed by atoms with Gasteiger partial charge in [0.2, 0.25) is 6.71 Å². The van der Waals surface area contributed by atoms with Crippen molar-refractivity contribution in [3.8, 4) is 22.5 Å². The van der Waals surface area contributed by atoms with Crippen molar-refractivity contribution < 1.29 is 21.1 Å². The average molecular weight is 805 g/mol. The van der Waals surface area contributed by atoms with E-state index < -0.39 is 0 Å². The molecule has 0 saturated carbocycles. The Kier molecular flexibility index (Phi) is 9.59. The molecule has 5 heteroatoms. The fourth-order valence-electron chi connectivity index (χ4n) is 7.09. The summed E-state index contributed by atoms with van der Waals surface area (Å²) in [5.41, 5.74) is 17.2. The van der Waals surface area contributed by atoms with Crippen LogP contribution >= 0.6 is 0 Å². The van der Waals surface area contributed by atoms with Gasteiger partial charge >= 0.3 is 21.1 Å². The number of pyridine rings is 2. The van der Waals surface area contributed by atoms with Crippen molar-refractivity contribution in [2.24, 2.45) is 0 Å². The maximum Gasteiger partial charge on any atom is 2.00 e. The summed E-state index contributed by atoms with van der Waals surface area (Å²) < 4.78 is 0. The SMILES string of the molecule is Cc1cc(C)c(N2c3ccc(-c4cc(C(C)C)ccn4)[c-]c3B(c3[c-]c(-c4cc(C(C)C)ccn4)ccc3)c3ccccc32)c(C)c1.[Pt+2]. The summed E-state index contributed by atoms with van der Waals surface area (Å²) in [7, 11) is 0. The van der Waals surface area contributed by atoms with Crippen LogP contribution in [-0.2, 0) is 21.1 Å². The summed E-state index contributed by atoms with van der Waals surface area (Å²) in [6, 6.07) is 40.7. The second-order valence-corrected chi connectivity index (χ2v) is 13.5. The second kappa shape index (κ2) is 13.7. The number of anilines is 3. The monoisotopic (exact) mass is 804 g/mol. The van der Waals surface area contributed by atoms with Gasteiger partial charge in [-0.15, -0.1) is 59.1 Å². The molecule has 0 aliphatic carbocycles. The molecule has 0 unspecified atom stereocenters.